The zero-order valence-electron chi connectivity index (χ0n) is 12.9. The topological polar surface area (TPSA) is 109 Å². The number of carbonyl (C=O) groups excluding carboxylic acids is 1. The van der Waals surface area contributed by atoms with E-state index in [4.69, 9.17) is 5.11 Å². The minimum absolute atomic E-state index is 0.132. The molecule has 1 unspecified atom stereocenters. The summed E-state index contributed by atoms with van der Waals surface area (Å²) in [6, 6.07) is -0.279. The average molecular weight is 297 g/mol. The highest BCUT2D eigenvalue weighted by Crippen LogP contribution is 2.24. The lowest BCUT2D eigenvalue weighted by molar-refractivity contribution is -0.137. The largest absolute Gasteiger partial charge is 0.480 e. The molecule has 0 fully saturated rings. The Morgan fingerprint density at radius 2 is 2.05 bits per heavy atom. The van der Waals surface area contributed by atoms with Crippen LogP contribution in [0, 0.1) is 11.3 Å². The van der Waals surface area contributed by atoms with Crippen molar-refractivity contribution < 1.29 is 14.7 Å². The Hall–Kier alpha value is -2.12. The Morgan fingerprint density at radius 3 is 2.62 bits per heavy atom. The van der Waals surface area contributed by atoms with E-state index in [1.165, 1.54) is 10.9 Å². The molecular formula is C13H23N5O3. The molecule has 21 heavy (non-hydrogen) atoms. The summed E-state index contributed by atoms with van der Waals surface area (Å²) in [5, 5.41) is 21.5. The van der Waals surface area contributed by atoms with Crippen molar-refractivity contribution in [1.82, 2.24) is 25.6 Å². The second kappa shape index (κ2) is 7.05. The number of hydrogen-bond acceptors (Lipinski definition) is 4. The van der Waals surface area contributed by atoms with Crippen LogP contribution in [-0.2, 0) is 17.9 Å². The third kappa shape index (κ3) is 6.24. The fourth-order valence-electron chi connectivity index (χ4n) is 1.42. The van der Waals surface area contributed by atoms with Gasteiger partial charge in [-0.3, -0.25) is 4.79 Å². The first-order valence-electron chi connectivity index (χ1n) is 6.81. The van der Waals surface area contributed by atoms with Crippen LogP contribution in [0.25, 0.3) is 0 Å². The number of nitrogens with zero attached hydrogens (tertiary/aromatic N) is 3. The number of carboxylic acids is 1. The zero-order chi connectivity index (χ0) is 16.0. The fourth-order valence-corrected chi connectivity index (χ4v) is 1.42. The number of hydrogen-bond donors (Lipinski definition) is 3. The van der Waals surface area contributed by atoms with Gasteiger partial charge in [-0.25, -0.2) is 9.48 Å². The predicted octanol–water partition coefficient (Wildman–Crippen LogP) is 0.844. The molecule has 3 N–H and O–H groups in total. The highest BCUT2D eigenvalue weighted by Gasteiger charge is 2.20. The van der Waals surface area contributed by atoms with Gasteiger partial charge in [-0.15, -0.1) is 5.10 Å². The number of nitrogens with one attached hydrogen (secondary N) is 2. The van der Waals surface area contributed by atoms with Gasteiger partial charge in [0.25, 0.3) is 0 Å². The molecule has 0 saturated carbocycles. The Bertz CT molecular complexity index is 492. The highest BCUT2D eigenvalue weighted by molar-refractivity contribution is 5.73. The standard InChI is InChI=1S/C13H23N5O3/c1-9(13(2,3)4)5-14-12(21)15-6-10-7-18(17-16-10)8-11(19)20/h7,9H,5-6,8H2,1-4H3,(H,19,20)(H2,14,15,21). The molecule has 0 spiro atoms. The van der Waals surface area contributed by atoms with Gasteiger partial charge in [-0.05, 0) is 11.3 Å². The lowest BCUT2D eigenvalue weighted by Crippen LogP contribution is -2.39. The van der Waals surface area contributed by atoms with Gasteiger partial charge in [-0.1, -0.05) is 32.9 Å². The number of aliphatic carboxylic acids is 1. The van der Waals surface area contributed by atoms with Gasteiger partial charge >= 0.3 is 12.0 Å². The molecule has 0 aliphatic heterocycles. The Balaban J connectivity index is 2.33. The number of amides is 2. The van der Waals surface area contributed by atoms with E-state index in [0.717, 1.165) is 0 Å². The summed E-state index contributed by atoms with van der Waals surface area (Å²) in [5.74, 6) is -0.645. The van der Waals surface area contributed by atoms with Crippen LogP contribution in [0.5, 0.6) is 0 Å². The van der Waals surface area contributed by atoms with Gasteiger partial charge in [0.15, 0.2) is 0 Å². The summed E-state index contributed by atoms with van der Waals surface area (Å²) in [4.78, 5) is 22.2. The quantitative estimate of drug-likeness (QED) is 0.721. The molecule has 0 aliphatic rings. The zero-order valence-corrected chi connectivity index (χ0v) is 12.9. The monoisotopic (exact) mass is 297 g/mol. The van der Waals surface area contributed by atoms with E-state index >= 15 is 0 Å². The van der Waals surface area contributed by atoms with Crippen LogP contribution in [0.2, 0.25) is 0 Å². The van der Waals surface area contributed by atoms with Crippen molar-refractivity contribution in [3.05, 3.63) is 11.9 Å². The lowest BCUT2D eigenvalue weighted by Gasteiger charge is -2.27. The van der Waals surface area contributed by atoms with E-state index in [-0.39, 0.29) is 24.5 Å². The minimum atomic E-state index is -0.992. The number of urea groups is 1. The summed E-state index contributed by atoms with van der Waals surface area (Å²) < 4.78 is 1.21. The number of rotatable bonds is 6. The molecule has 1 aromatic heterocycles. The SMILES string of the molecule is CC(CNC(=O)NCc1cn(CC(=O)O)nn1)C(C)(C)C. The van der Waals surface area contributed by atoms with Gasteiger partial charge in [0, 0.05) is 6.54 Å². The number of carboxylic acid groups (broad SMARTS) is 1. The normalized spacial score (nSPS) is 12.8. The van der Waals surface area contributed by atoms with Crippen LogP contribution in [0.3, 0.4) is 0 Å². The van der Waals surface area contributed by atoms with Crippen molar-refractivity contribution in [2.75, 3.05) is 6.54 Å². The van der Waals surface area contributed by atoms with Gasteiger partial charge < -0.3 is 15.7 Å². The predicted molar refractivity (Wildman–Crippen MR) is 76.5 cm³/mol. The van der Waals surface area contributed by atoms with Crippen LogP contribution < -0.4 is 10.6 Å². The maximum atomic E-state index is 11.7. The maximum Gasteiger partial charge on any atom is 0.325 e. The molecule has 1 atom stereocenters. The molecule has 2 amide bonds. The van der Waals surface area contributed by atoms with E-state index in [9.17, 15) is 9.59 Å². The lowest BCUT2D eigenvalue weighted by atomic mass is 9.82. The summed E-state index contributed by atoms with van der Waals surface area (Å²) in [7, 11) is 0. The average Bonchev–Trinajstić information content (AvgIpc) is 2.78. The minimum Gasteiger partial charge on any atom is -0.480 e. The van der Waals surface area contributed by atoms with Crippen molar-refractivity contribution in [3.63, 3.8) is 0 Å². The van der Waals surface area contributed by atoms with E-state index < -0.39 is 5.97 Å². The van der Waals surface area contributed by atoms with E-state index in [2.05, 4.69) is 48.6 Å². The molecule has 0 saturated heterocycles. The van der Waals surface area contributed by atoms with Crippen molar-refractivity contribution in [2.45, 2.75) is 40.8 Å². The van der Waals surface area contributed by atoms with Gasteiger partial charge in [-0.2, -0.15) is 0 Å². The van der Waals surface area contributed by atoms with E-state index in [1.807, 2.05) is 0 Å². The molecule has 8 nitrogen and oxygen atoms in total. The Labute approximate surface area is 123 Å². The summed E-state index contributed by atoms with van der Waals surface area (Å²) in [5.41, 5.74) is 0.641. The molecule has 1 aromatic rings. The third-order valence-electron chi connectivity index (χ3n) is 3.36. The molecule has 118 valence electrons. The second-order valence-electron chi connectivity index (χ2n) is 6.13. The molecule has 8 heteroatoms. The number of aromatic nitrogens is 3. The van der Waals surface area contributed by atoms with Gasteiger partial charge in [0.2, 0.25) is 0 Å². The second-order valence-corrected chi connectivity index (χ2v) is 6.13. The van der Waals surface area contributed by atoms with Crippen LogP contribution >= 0.6 is 0 Å². The fraction of sp³-hybridized carbons (Fsp3) is 0.692. The first kappa shape index (κ1) is 16.9. The van der Waals surface area contributed by atoms with Crippen molar-refractivity contribution in [1.29, 1.82) is 0 Å². The molecule has 0 bridgehead atoms. The molecule has 0 radical (unpaired) electrons. The summed E-state index contributed by atoms with van der Waals surface area (Å²) in [6.07, 6.45) is 1.49. The molecular weight excluding hydrogens is 274 g/mol. The molecule has 0 aromatic carbocycles. The van der Waals surface area contributed by atoms with Crippen LogP contribution in [0.4, 0.5) is 4.79 Å². The highest BCUT2D eigenvalue weighted by atomic mass is 16.4. The summed E-state index contributed by atoms with van der Waals surface area (Å²) >= 11 is 0. The van der Waals surface area contributed by atoms with Crippen LogP contribution in [0.1, 0.15) is 33.4 Å². The molecule has 1 rings (SSSR count). The Morgan fingerprint density at radius 1 is 1.38 bits per heavy atom. The van der Waals surface area contributed by atoms with Gasteiger partial charge in [0.05, 0.1) is 12.7 Å². The van der Waals surface area contributed by atoms with E-state index in [0.29, 0.717) is 18.2 Å². The van der Waals surface area contributed by atoms with Crippen molar-refractivity contribution in [3.8, 4) is 0 Å². The third-order valence-corrected chi connectivity index (χ3v) is 3.36. The molecule has 1 heterocycles. The van der Waals surface area contributed by atoms with Crippen LogP contribution in [0.15, 0.2) is 6.20 Å². The smallest absolute Gasteiger partial charge is 0.325 e. The number of carbonyl (C=O) groups is 2. The Kier molecular flexibility index (Phi) is 5.69. The van der Waals surface area contributed by atoms with Crippen LogP contribution in [-0.4, -0.2) is 38.6 Å². The van der Waals surface area contributed by atoms with Crippen molar-refractivity contribution in [2.24, 2.45) is 11.3 Å². The first-order chi connectivity index (χ1) is 9.68. The van der Waals surface area contributed by atoms with E-state index in [1.54, 1.807) is 0 Å². The maximum absolute atomic E-state index is 11.7. The molecule has 0 aliphatic carbocycles. The van der Waals surface area contributed by atoms with Crippen molar-refractivity contribution >= 4 is 12.0 Å². The summed E-state index contributed by atoms with van der Waals surface area (Å²) in [6.45, 7) is 8.99. The first-order valence-corrected chi connectivity index (χ1v) is 6.81. The van der Waals surface area contributed by atoms with Gasteiger partial charge in [0.1, 0.15) is 12.2 Å².